The average molecular weight is 565 g/mol. The lowest BCUT2D eigenvalue weighted by Crippen LogP contribution is -2.60. The predicted octanol–water partition coefficient (Wildman–Crippen LogP) is 3.04. The van der Waals surface area contributed by atoms with E-state index in [1.165, 1.54) is 4.90 Å². The Morgan fingerprint density at radius 3 is 2.44 bits per heavy atom. The predicted molar refractivity (Wildman–Crippen MR) is 154 cm³/mol. The van der Waals surface area contributed by atoms with Crippen molar-refractivity contribution in [1.29, 1.82) is 0 Å². The topological polar surface area (TPSA) is 136 Å². The van der Waals surface area contributed by atoms with Crippen LogP contribution in [-0.2, 0) is 20.7 Å². The van der Waals surface area contributed by atoms with Crippen LogP contribution < -0.4 is 15.8 Å². The van der Waals surface area contributed by atoms with Gasteiger partial charge in [0.15, 0.2) is 11.6 Å². The largest absolute Gasteiger partial charge is 0.479 e. The third-order valence-corrected chi connectivity index (χ3v) is 8.89. The lowest BCUT2D eigenvalue weighted by atomic mass is 9.85. The van der Waals surface area contributed by atoms with E-state index in [4.69, 9.17) is 24.9 Å². The van der Waals surface area contributed by atoms with Crippen molar-refractivity contribution in [2.24, 2.45) is 10.7 Å². The second-order valence-electron chi connectivity index (χ2n) is 11.7. The van der Waals surface area contributed by atoms with Gasteiger partial charge in [-0.25, -0.2) is 4.99 Å². The number of hydrogen-bond donors (Lipinski definition) is 3. The van der Waals surface area contributed by atoms with Crippen LogP contribution in [-0.4, -0.2) is 72.0 Å². The molecule has 2 heterocycles. The van der Waals surface area contributed by atoms with Crippen LogP contribution in [0, 0.1) is 0 Å². The highest BCUT2D eigenvalue weighted by Gasteiger charge is 2.56. The normalized spacial score (nSPS) is 25.8. The van der Waals surface area contributed by atoms with Crippen LogP contribution in [0.5, 0.6) is 5.75 Å². The van der Waals surface area contributed by atoms with Gasteiger partial charge in [-0.1, -0.05) is 38.1 Å². The number of amides is 2. The number of nitrogens with one attached hydrogen (secondary N) is 1. The number of nitrogens with two attached hydrogens (primary N) is 1. The maximum Gasteiger partial charge on any atom is 0.251 e. The van der Waals surface area contributed by atoms with Crippen molar-refractivity contribution < 1.29 is 28.9 Å². The molecule has 220 valence electrons. The summed E-state index contributed by atoms with van der Waals surface area (Å²) < 4.78 is 17.6. The molecule has 10 nitrogen and oxygen atoms in total. The molecule has 0 bridgehead atoms. The molecule has 0 fully saturated rings. The minimum atomic E-state index is -1.13. The SMILES string of the molecule is CCC1(CC)CC(=O)N(C2c3cc(C(=O)N[C@@H]4c5ccccc5C[C@@]4(C)O)ccc3OC2(COC)COC)C(N)=N1. The second kappa shape index (κ2) is 10.7. The van der Waals surface area contributed by atoms with Crippen molar-refractivity contribution in [3.8, 4) is 5.75 Å². The summed E-state index contributed by atoms with van der Waals surface area (Å²) >= 11 is 0. The highest BCUT2D eigenvalue weighted by atomic mass is 16.6. The van der Waals surface area contributed by atoms with E-state index in [1.54, 1.807) is 39.3 Å². The molecule has 0 saturated carbocycles. The number of carbonyl (C=O) groups is 2. The molecule has 0 radical (unpaired) electrons. The van der Waals surface area contributed by atoms with Gasteiger partial charge in [0.2, 0.25) is 5.91 Å². The molecule has 3 atom stereocenters. The second-order valence-corrected chi connectivity index (χ2v) is 11.7. The lowest BCUT2D eigenvalue weighted by molar-refractivity contribution is -0.139. The van der Waals surface area contributed by atoms with E-state index in [-0.39, 0.29) is 37.4 Å². The van der Waals surface area contributed by atoms with E-state index in [0.29, 0.717) is 36.1 Å². The molecule has 2 aromatic rings. The third-order valence-electron chi connectivity index (χ3n) is 8.89. The smallest absolute Gasteiger partial charge is 0.251 e. The fraction of sp³-hybridized carbons (Fsp3) is 0.516. The Morgan fingerprint density at radius 1 is 1.12 bits per heavy atom. The molecule has 2 amide bonds. The molecular weight excluding hydrogens is 524 g/mol. The monoisotopic (exact) mass is 564 g/mol. The average Bonchev–Trinajstić information content (AvgIpc) is 3.38. The molecule has 0 spiro atoms. The molecule has 0 saturated heterocycles. The number of hydrogen-bond acceptors (Lipinski definition) is 8. The van der Waals surface area contributed by atoms with E-state index in [1.807, 2.05) is 38.1 Å². The van der Waals surface area contributed by atoms with Gasteiger partial charge < -0.3 is 30.4 Å². The number of benzene rings is 2. The minimum absolute atomic E-state index is 0.104. The number of rotatable bonds is 9. The summed E-state index contributed by atoms with van der Waals surface area (Å²) in [4.78, 5) is 33.7. The zero-order valence-electron chi connectivity index (χ0n) is 24.4. The summed E-state index contributed by atoms with van der Waals surface area (Å²) in [5, 5.41) is 14.2. The number of carbonyl (C=O) groups excluding carboxylic acids is 2. The molecule has 41 heavy (non-hydrogen) atoms. The van der Waals surface area contributed by atoms with E-state index >= 15 is 0 Å². The fourth-order valence-electron chi connectivity index (χ4n) is 6.69. The van der Waals surface area contributed by atoms with Gasteiger partial charge >= 0.3 is 0 Å². The summed E-state index contributed by atoms with van der Waals surface area (Å²) in [7, 11) is 3.11. The van der Waals surface area contributed by atoms with Gasteiger partial charge in [-0.05, 0) is 49.1 Å². The van der Waals surface area contributed by atoms with Gasteiger partial charge in [-0.3, -0.25) is 14.5 Å². The first-order valence-corrected chi connectivity index (χ1v) is 14.1. The van der Waals surface area contributed by atoms with Gasteiger partial charge in [-0.15, -0.1) is 0 Å². The van der Waals surface area contributed by atoms with E-state index in [2.05, 4.69) is 5.32 Å². The van der Waals surface area contributed by atoms with Crippen LogP contribution in [0.4, 0.5) is 0 Å². The number of guanidine groups is 1. The number of methoxy groups -OCH3 is 2. The first-order valence-electron chi connectivity index (χ1n) is 14.1. The first-order chi connectivity index (χ1) is 19.5. The highest BCUT2D eigenvalue weighted by Crippen LogP contribution is 2.49. The molecule has 1 unspecified atom stereocenters. The highest BCUT2D eigenvalue weighted by molar-refractivity contribution is 6.00. The van der Waals surface area contributed by atoms with Crippen molar-refractivity contribution in [3.05, 3.63) is 64.7 Å². The van der Waals surface area contributed by atoms with Crippen LogP contribution in [0.1, 0.15) is 79.2 Å². The summed E-state index contributed by atoms with van der Waals surface area (Å²) in [6.07, 6.45) is 2.01. The van der Waals surface area contributed by atoms with Crippen LogP contribution in [0.15, 0.2) is 47.5 Å². The molecular formula is C31H40N4O6. The van der Waals surface area contributed by atoms with Gasteiger partial charge in [0.25, 0.3) is 5.91 Å². The van der Waals surface area contributed by atoms with Crippen molar-refractivity contribution in [2.75, 3.05) is 27.4 Å². The van der Waals surface area contributed by atoms with Gasteiger partial charge in [0.1, 0.15) is 11.8 Å². The van der Waals surface area contributed by atoms with Crippen molar-refractivity contribution in [1.82, 2.24) is 10.2 Å². The minimum Gasteiger partial charge on any atom is -0.479 e. The number of aliphatic hydroxyl groups is 1. The van der Waals surface area contributed by atoms with Crippen molar-refractivity contribution in [2.45, 2.75) is 75.3 Å². The summed E-state index contributed by atoms with van der Waals surface area (Å²) in [6, 6.07) is 11.5. The molecule has 1 aliphatic carbocycles. The lowest BCUT2D eigenvalue weighted by Gasteiger charge is -2.43. The molecule has 2 aromatic carbocycles. The maximum atomic E-state index is 13.8. The zero-order valence-corrected chi connectivity index (χ0v) is 24.4. The van der Waals surface area contributed by atoms with Gasteiger partial charge in [0.05, 0.1) is 36.8 Å². The van der Waals surface area contributed by atoms with Gasteiger partial charge in [-0.2, -0.15) is 0 Å². The Labute approximate surface area is 240 Å². The Bertz CT molecular complexity index is 1360. The molecule has 5 rings (SSSR count). The maximum absolute atomic E-state index is 13.8. The summed E-state index contributed by atoms with van der Waals surface area (Å²) in [6.45, 7) is 5.94. The van der Waals surface area contributed by atoms with Crippen LogP contribution in [0.3, 0.4) is 0 Å². The van der Waals surface area contributed by atoms with Gasteiger partial charge in [0, 0.05) is 31.8 Å². The van der Waals surface area contributed by atoms with Crippen LogP contribution in [0.2, 0.25) is 0 Å². The van der Waals surface area contributed by atoms with Crippen LogP contribution in [0.25, 0.3) is 0 Å². The van der Waals surface area contributed by atoms with Crippen molar-refractivity contribution in [3.63, 3.8) is 0 Å². The molecule has 0 aromatic heterocycles. The molecule has 4 N–H and O–H groups in total. The quantitative estimate of drug-likeness (QED) is 0.426. The number of fused-ring (bicyclic) bond motifs is 2. The standard InChI is InChI=1S/C31H40N4O6/c1-6-30(7-2)16-24(36)35(28(32)34-30)26-22-14-19(12-13-23(22)41-31(26,17-39-4)18-40-5)27(37)33-25-21-11-9-8-10-20(21)15-29(25,3)38/h8-14,25-26,38H,6-7,15-18H2,1-5H3,(H2,32,34)(H,33,37)/t25-,26?,29-/m1/s1. The Morgan fingerprint density at radius 2 is 1.80 bits per heavy atom. The van der Waals surface area contributed by atoms with Crippen LogP contribution >= 0.6 is 0 Å². The third kappa shape index (κ3) is 4.87. The molecule has 3 aliphatic rings. The number of nitrogens with zero attached hydrogens (tertiary/aromatic N) is 2. The van der Waals surface area contributed by atoms with E-state index in [9.17, 15) is 14.7 Å². The van der Waals surface area contributed by atoms with E-state index < -0.39 is 28.8 Å². The number of ether oxygens (including phenoxy) is 3. The summed E-state index contributed by atoms with van der Waals surface area (Å²) in [5.74, 6) is 0.0820. The van der Waals surface area contributed by atoms with Crippen molar-refractivity contribution >= 4 is 17.8 Å². The Kier molecular flexibility index (Phi) is 7.61. The first kappa shape index (κ1) is 29.0. The zero-order chi connectivity index (χ0) is 29.6. The summed E-state index contributed by atoms with van der Waals surface area (Å²) in [5.41, 5.74) is 6.59. The molecule has 2 aliphatic heterocycles. The Hall–Kier alpha value is -3.47. The van der Waals surface area contributed by atoms with E-state index in [0.717, 1.165) is 11.1 Å². The fourth-order valence-corrected chi connectivity index (χ4v) is 6.69. The molecule has 10 heteroatoms. The number of aliphatic imine (C=N–C) groups is 1. The Balaban J connectivity index is 1.55.